The molecule has 0 unspecified atom stereocenters. The first-order valence-corrected chi connectivity index (χ1v) is 7.14. The maximum Gasteiger partial charge on any atom is 0.233 e. The van der Waals surface area contributed by atoms with Crippen molar-refractivity contribution in [2.24, 2.45) is 0 Å². The quantitative estimate of drug-likeness (QED) is 0.600. The Kier molecular flexibility index (Phi) is 7.19. The first kappa shape index (κ1) is 17.5. The molecule has 0 aromatic heterocycles. The van der Waals surface area contributed by atoms with Gasteiger partial charge < -0.3 is 15.4 Å². The lowest BCUT2D eigenvalue weighted by atomic mass is 10.1. The van der Waals surface area contributed by atoms with Crippen LogP contribution in [0.2, 0.25) is 5.02 Å². The van der Waals surface area contributed by atoms with E-state index in [9.17, 15) is 9.59 Å². The average Bonchev–Trinajstić information content (AvgIpc) is 2.39. The van der Waals surface area contributed by atoms with E-state index in [0.29, 0.717) is 30.3 Å². The second-order valence-electron chi connectivity index (χ2n) is 4.86. The number of ether oxygens (including phenoxy) is 1. The van der Waals surface area contributed by atoms with Gasteiger partial charge in [-0.2, -0.15) is 0 Å². The minimum Gasteiger partial charge on any atom is -0.385 e. The molecule has 1 rings (SSSR count). The Morgan fingerprint density at radius 2 is 1.95 bits per heavy atom. The van der Waals surface area contributed by atoms with Gasteiger partial charge in [0.25, 0.3) is 0 Å². The van der Waals surface area contributed by atoms with Crippen molar-refractivity contribution in [2.45, 2.75) is 26.7 Å². The molecule has 0 saturated carbocycles. The highest BCUT2D eigenvalue weighted by Crippen LogP contribution is 2.27. The van der Waals surface area contributed by atoms with Crippen molar-refractivity contribution in [1.82, 2.24) is 5.32 Å². The summed E-state index contributed by atoms with van der Waals surface area (Å²) in [5, 5.41) is 5.82. The molecule has 1 aromatic carbocycles. The molecule has 0 atom stereocenters. The molecular formula is C15H21ClN2O3. The van der Waals surface area contributed by atoms with Crippen molar-refractivity contribution in [3.05, 3.63) is 28.3 Å². The van der Waals surface area contributed by atoms with Crippen LogP contribution in [0.3, 0.4) is 0 Å². The van der Waals surface area contributed by atoms with Gasteiger partial charge in [0.1, 0.15) is 6.42 Å². The van der Waals surface area contributed by atoms with Gasteiger partial charge in [-0.15, -0.1) is 0 Å². The van der Waals surface area contributed by atoms with Crippen molar-refractivity contribution in [2.75, 3.05) is 25.6 Å². The van der Waals surface area contributed by atoms with E-state index in [0.717, 1.165) is 11.1 Å². The van der Waals surface area contributed by atoms with Gasteiger partial charge in [-0.1, -0.05) is 17.7 Å². The van der Waals surface area contributed by atoms with E-state index in [4.69, 9.17) is 16.3 Å². The molecule has 0 aliphatic carbocycles. The predicted octanol–water partition coefficient (Wildman–Crippen LogP) is 2.44. The molecule has 0 aliphatic rings. The lowest BCUT2D eigenvalue weighted by Gasteiger charge is -2.11. The number of hydrogen-bond acceptors (Lipinski definition) is 3. The zero-order valence-corrected chi connectivity index (χ0v) is 13.3. The smallest absolute Gasteiger partial charge is 0.233 e. The average molecular weight is 313 g/mol. The summed E-state index contributed by atoms with van der Waals surface area (Å²) >= 11 is 6.10. The van der Waals surface area contributed by atoms with Gasteiger partial charge >= 0.3 is 0 Å². The van der Waals surface area contributed by atoms with E-state index in [1.165, 1.54) is 0 Å². The second kappa shape index (κ2) is 8.64. The maximum atomic E-state index is 11.8. The van der Waals surface area contributed by atoms with Gasteiger partial charge in [-0.3, -0.25) is 9.59 Å². The van der Waals surface area contributed by atoms with Crippen LogP contribution < -0.4 is 10.6 Å². The van der Waals surface area contributed by atoms with E-state index >= 15 is 0 Å². The van der Waals surface area contributed by atoms with Crippen LogP contribution >= 0.6 is 11.6 Å². The van der Waals surface area contributed by atoms with Gasteiger partial charge in [0, 0.05) is 20.3 Å². The molecule has 0 bridgehead atoms. The molecule has 1 aromatic rings. The summed E-state index contributed by atoms with van der Waals surface area (Å²) < 4.78 is 4.87. The highest BCUT2D eigenvalue weighted by atomic mass is 35.5. The van der Waals surface area contributed by atoms with E-state index in [2.05, 4.69) is 10.6 Å². The summed E-state index contributed by atoms with van der Waals surface area (Å²) in [6.45, 7) is 4.85. The predicted molar refractivity (Wildman–Crippen MR) is 83.7 cm³/mol. The number of methoxy groups -OCH3 is 1. The molecule has 0 fully saturated rings. The molecule has 5 nitrogen and oxygen atoms in total. The lowest BCUT2D eigenvalue weighted by molar-refractivity contribution is -0.126. The van der Waals surface area contributed by atoms with E-state index < -0.39 is 0 Å². The molecule has 0 heterocycles. The molecule has 0 radical (unpaired) electrons. The largest absolute Gasteiger partial charge is 0.385 e. The monoisotopic (exact) mass is 312 g/mol. The van der Waals surface area contributed by atoms with E-state index in [1.54, 1.807) is 13.2 Å². The van der Waals surface area contributed by atoms with Crippen LogP contribution in [0.4, 0.5) is 5.69 Å². The fraction of sp³-hybridized carbons (Fsp3) is 0.467. The Morgan fingerprint density at radius 1 is 1.24 bits per heavy atom. The second-order valence-corrected chi connectivity index (χ2v) is 5.27. The van der Waals surface area contributed by atoms with Crippen LogP contribution in [-0.2, 0) is 14.3 Å². The standard InChI is InChI=1S/C15H21ClN2O3/c1-10-7-11(2)15(12(16)8-10)18-14(20)9-13(19)17-5-4-6-21-3/h7-8H,4-6,9H2,1-3H3,(H,17,19)(H,18,20). The van der Waals surface area contributed by atoms with E-state index in [1.807, 2.05) is 19.9 Å². The molecule has 116 valence electrons. The minimum absolute atomic E-state index is 0.226. The number of nitrogens with one attached hydrogen (secondary N) is 2. The van der Waals surface area contributed by atoms with E-state index in [-0.39, 0.29) is 18.2 Å². The van der Waals surface area contributed by atoms with Crippen molar-refractivity contribution < 1.29 is 14.3 Å². The van der Waals surface area contributed by atoms with Crippen LogP contribution in [0.5, 0.6) is 0 Å². The molecule has 2 N–H and O–H groups in total. The van der Waals surface area contributed by atoms with Crippen molar-refractivity contribution >= 4 is 29.1 Å². The van der Waals surface area contributed by atoms with Gasteiger partial charge in [0.05, 0.1) is 10.7 Å². The van der Waals surface area contributed by atoms with Gasteiger partial charge in [-0.25, -0.2) is 0 Å². The summed E-state index contributed by atoms with van der Waals surface area (Å²) in [6.07, 6.45) is 0.489. The molecular weight excluding hydrogens is 292 g/mol. The number of amides is 2. The number of benzene rings is 1. The Labute approximate surface area is 130 Å². The topological polar surface area (TPSA) is 67.4 Å². The third kappa shape index (κ3) is 6.14. The lowest BCUT2D eigenvalue weighted by Crippen LogP contribution is -2.29. The zero-order valence-electron chi connectivity index (χ0n) is 12.6. The number of rotatable bonds is 7. The normalized spacial score (nSPS) is 10.3. The minimum atomic E-state index is -0.381. The number of hydrogen-bond donors (Lipinski definition) is 2. The Hall–Kier alpha value is -1.59. The number of carbonyl (C=O) groups is 2. The Morgan fingerprint density at radius 3 is 2.57 bits per heavy atom. The number of carbonyl (C=O) groups excluding carboxylic acids is 2. The molecule has 0 aliphatic heterocycles. The maximum absolute atomic E-state index is 11.8. The Balaban J connectivity index is 2.49. The highest BCUT2D eigenvalue weighted by molar-refractivity contribution is 6.34. The first-order valence-electron chi connectivity index (χ1n) is 6.76. The summed E-state index contributed by atoms with van der Waals surface area (Å²) in [7, 11) is 1.60. The summed E-state index contributed by atoms with van der Waals surface area (Å²) in [4.78, 5) is 23.4. The fourth-order valence-electron chi connectivity index (χ4n) is 1.91. The number of anilines is 1. The Bertz CT molecular complexity index is 495. The van der Waals surface area contributed by atoms with Crippen LogP contribution in [0.1, 0.15) is 24.0 Å². The molecule has 21 heavy (non-hydrogen) atoms. The highest BCUT2D eigenvalue weighted by Gasteiger charge is 2.12. The molecule has 2 amide bonds. The zero-order chi connectivity index (χ0) is 15.8. The van der Waals surface area contributed by atoms with Crippen LogP contribution in [0.15, 0.2) is 12.1 Å². The third-order valence-corrected chi connectivity index (χ3v) is 3.16. The summed E-state index contributed by atoms with van der Waals surface area (Å²) in [5.41, 5.74) is 2.44. The van der Waals surface area contributed by atoms with Gasteiger partial charge in [-0.05, 0) is 37.5 Å². The molecule has 0 spiro atoms. The first-order chi connectivity index (χ1) is 9.93. The van der Waals surface area contributed by atoms with Crippen LogP contribution in [0.25, 0.3) is 0 Å². The van der Waals surface area contributed by atoms with Crippen LogP contribution in [-0.4, -0.2) is 32.1 Å². The van der Waals surface area contributed by atoms with Crippen molar-refractivity contribution in [3.63, 3.8) is 0 Å². The third-order valence-electron chi connectivity index (χ3n) is 2.86. The SMILES string of the molecule is COCCCNC(=O)CC(=O)Nc1c(C)cc(C)cc1Cl. The molecule has 0 saturated heterocycles. The van der Waals surface area contributed by atoms with Gasteiger partial charge in [0.2, 0.25) is 11.8 Å². The van der Waals surface area contributed by atoms with Crippen LogP contribution in [0, 0.1) is 13.8 Å². The summed E-state index contributed by atoms with van der Waals surface area (Å²) in [6, 6.07) is 3.70. The molecule has 6 heteroatoms. The van der Waals surface area contributed by atoms with Crippen molar-refractivity contribution in [1.29, 1.82) is 0 Å². The summed E-state index contributed by atoms with van der Waals surface area (Å²) in [5.74, 6) is -0.697. The van der Waals surface area contributed by atoms with Crippen molar-refractivity contribution in [3.8, 4) is 0 Å². The fourth-order valence-corrected chi connectivity index (χ4v) is 2.28. The number of halogens is 1. The van der Waals surface area contributed by atoms with Gasteiger partial charge in [0.15, 0.2) is 0 Å². The number of aryl methyl sites for hydroxylation is 2.